The van der Waals surface area contributed by atoms with Crippen molar-refractivity contribution in [1.29, 1.82) is 0 Å². The van der Waals surface area contributed by atoms with Gasteiger partial charge >= 0.3 is 5.97 Å². The zero-order chi connectivity index (χ0) is 13.9. The van der Waals surface area contributed by atoms with E-state index in [0.717, 1.165) is 0 Å². The van der Waals surface area contributed by atoms with E-state index in [4.69, 9.17) is 5.11 Å². The molecule has 0 saturated carbocycles. The van der Waals surface area contributed by atoms with E-state index < -0.39 is 18.1 Å². The molecule has 1 aliphatic heterocycles. The molecule has 1 amide bonds. The van der Waals surface area contributed by atoms with Gasteiger partial charge in [0.25, 0.3) is 0 Å². The van der Waals surface area contributed by atoms with Gasteiger partial charge in [0.05, 0.1) is 6.10 Å². The van der Waals surface area contributed by atoms with E-state index in [0.29, 0.717) is 6.54 Å². The fourth-order valence-corrected chi connectivity index (χ4v) is 2.01. The van der Waals surface area contributed by atoms with Crippen molar-refractivity contribution in [2.75, 3.05) is 13.1 Å². The Labute approximate surface area is 107 Å². The van der Waals surface area contributed by atoms with E-state index in [-0.39, 0.29) is 30.8 Å². The van der Waals surface area contributed by atoms with Crippen LogP contribution in [0.3, 0.4) is 0 Å². The monoisotopic (exact) mass is 258 g/mol. The van der Waals surface area contributed by atoms with Crippen LogP contribution >= 0.6 is 0 Å². The number of hydrogen-bond acceptors (Lipinski definition) is 4. The Hall–Kier alpha value is -1.14. The summed E-state index contributed by atoms with van der Waals surface area (Å²) < 4.78 is 0. The number of nitrogens with one attached hydrogen (secondary N) is 1. The molecule has 6 nitrogen and oxygen atoms in total. The zero-order valence-electron chi connectivity index (χ0n) is 11.1. The van der Waals surface area contributed by atoms with Crippen LogP contribution < -0.4 is 5.32 Å². The SMILES string of the molecule is CC(C)(C)NCCC(=O)N1C[C@H](O)C[C@H]1C(=O)O. The van der Waals surface area contributed by atoms with Gasteiger partial charge in [0.1, 0.15) is 6.04 Å². The summed E-state index contributed by atoms with van der Waals surface area (Å²) in [5, 5.41) is 21.6. The summed E-state index contributed by atoms with van der Waals surface area (Å²) in [6.07, 6.45) is -0.368. The number of hydrogen-bond donors (Lipinski definition) is 3. The van der Waals surface area contributed by atoms with Gasteiger partial charge in [-0.05, 0) is 20.8 Å². The number of amides is 1. The Kier molecular flexibility index (Phi) is 4.70. The molecular weight excluding hydrogens is 236 g/mol. The van der Waals surface area contributed by atoms with Gasteiger partial charge in [-0.2, -0.15) is 0 Å². The number of carboxylic acids is 1. The van der Waals surface area contributed by atoms with E-state index in [1.165, 1.54) is 4.90 Å². The quantitative estimate of drug-likeness (QED) is 0.650. The van der Waals surface area contributed by atoms with Crippen LogP contribution in [0.5, 0.6) is 0 Å². The first kappa shape index (κ1) is 14.9. The Morgan fingerprint density at radius 3 is 2.50 bits per heavy atom. The molecule has 0 bridgehead atoms. The summed E-state index contributed by atoms with van der Waals surface area (Å²) in [5.41, 5.74) is -0.0724. The van der Waals surface area contributed by atoms with Gasteiger partial charge in [-0.15, -0.1) is 0 Å². The third-order valence-electron chi connectivity index (χ3n) is 2.88. The van der Waals surface area contributed by atoms with Gasteiger partial charge in [0, 0.05) is 31.5 Å². The first-order valence-electron chi connectivity index (χ1n) is 6.16. The predicted octanol–water partition coefficient (Wildman–Crippen LogP) is -0.189. The number of β-amino-alcohol motifs (C(OH)–C–C–N with tert-alkyl or cyclic N) is 1. The minimum atomic E-state index is -1.05. The topological polar surface area (TPSA) is 89.9 Å². The molecule has 2 atom stereocenters. The lowest BCUT2D eigenvalue weighted by Crippen LogP contribution is -2.43. The van der Waals surface area contributed by atoms with Gasteiger partial charge in [-0.3, -0.25) is 4.79 Å². The van der Waals surface area contributed by atoms with Crippen LogP contribution in [-0.4, -0.2) is 57.8 Å². The fraction of sp³-hybridized carbons (Fsp3) is 0.833. The van der Waals surface area contributed by atoms with Crippen molar-refractivity contribution < 1.29 is 19.8 Å². The fourth-order valence-electron chi connectivity index (χ4n) is 2.01. The number of aliphatic hydroxyl groups excluding tert-OH is 1. The molecule has 1 saturated heterocycles. The molecule has 0 aromatic carbocycles. The van der Waals surface area contributed by atoms with E-state index >= 15 is 0 Å². The van der Waals surface area contributed by atoms with Gasteiger partial charge in [0.15, 0.2) is 0 Å². The van der Waals surface area contributed by atoms with Crippen LogP contribution in [-0.2, 0) is 9.59 Å². The molecule has 0 radical (unpaired) electrons. The highest BCUT2D eigenvalue weighted by Crippen LogP contribution is 2.19. The molecule has 0 spiro atoms. The molecule has 1 heterocycles. The molecular formula is C12H22N2O4. The Bertz CT molecular complexity index is 325. The highest BCUT2D eigenvalue weighted by atomic mass is 16.4. The number of likely N-dealkylation sites (tertiary alicyclic amines) is 1. The third-order valence-corrected chi connectivity index (χ3v) is 2.88. The van der Waals surface area contributed by atoms with Crippen LogP contribution in [0.1, 0.15) is 33.6 Å². The molecule has 0 aliphatic carbocycles. The van der Waals surface area contributed by atoms with Crippen molar-refractivity contribution >= 4 is 11.9 Å². The average Bonchev–Trinajstić information content (AvgIpc) is 2.58. The van der Waals surface area contributed by atoms with Crippen LogP contribution in [0.4, 0.5) is 0 Å². The second kappa shape index (κ2) is 5.67. The number of rotatable bonds is 4. The van der Waals surface area contributed by atoms with Crippen molar-refractivity contribution in [2.24, 2.45) is 0 Å². The second-order valence-electron chi connectivity index (χ2n) is 5.72. The molecule has 104 valence electrons. The normalized spacial score (nSPS) is 24.3. The summed E-state index contributed by atoms with van der Waals surface area (Å²) >= 11 is 0. The molecule has 0 aromatic heterocycles. The number of carbonyl (C=O) groups is 2. The van der Waals surface area contributed by atoms with Crippen LogP contribution in [0.25, 0.3) is 0 Å². The van der Waals surface area contributed by atoms with E-state index in [1.807, 2.05) is 20.8 Å². The maximum atomic E-state index is 11.9. The number of carboxylic acid groups (broad SMARTS) is 1. The highest BCUT2D eigenvalue weighted by Gasteiger charge is 2.38. The Morgan fingerprint density at radius 1 is 1.39 bits per heavy atom. The third kappa shape index (κ3) is 4.27. The predicted molar refractivity (Wildman–Crippen MR) is 66.1 cm³/mol. The largest absolute Gasteiger partial charge is 0.480 e. The summed E-state index contributed by atoms with van der Waals surface area (Å²) in [7, 11) is 0. The van der Waals surface area contributed by atoms with Crippen molar-refractivity contribution in [3.8, 4) is 0 Å². The van der Waals surface area contributed by atoms with Crippen molar-refractivity contribution in [3.63, 3.8) is 0 Å². The summed E-state index contributed by atoms with van der Waals surface area (Å²) in [6.45, 7) is 6.61. The van der Waals surface area contributed by atoms with Crippen molar-refractivity contribution in [3.05, 3.63) is 0 Å². The van der Waals surface area contributed by atoms with Crippen LogP contribution in [0.15, 0.2) is 0 Å². The lowest BCUT2D eigenvalue weighted by molar-refractivity contribution is -0.148. The van der Waals surface area contributed by atoms with Gasteiger partial charge in [-0.1, -0.05) is 0 Å². The lowest BCUT2D eigenvalue weighted by Gasteiger charge is -2.24. The molecule has 0 aromatic rings. The molecule has 6 heteroatoms. The molecule has 0 unspecified atom stereocenters. The summed E-state index contributed by atoms with van der Waals surface area (Å²) in [5.74, 6) is -1.28. The molecule has 1 fully saturated rings. The standard InChI is InChI=1S/C12H22N2O4/c1-12(2,3)13-5-4-10(16)14-7-8(15)6-9(14)11(17)18/h8-9,13,15H,4-7H2,1-3H3,(H,17,18)/t8-,9+/m1/s1. The molecule has 18 heavy (non-hydrogen) atoms. The van der Waals surface area contributed by atoms with Gasteiger partial charge in [0.2, 0.25) is 5.91 Å². The zero-order valence-corrected chi connectivity index (χ0v) is 11.1. The van der Waals surface area contributed by atoms with Crippen LogP contribution in [0.2, 0.25) is 0 Å². The molecule has 1 rings (SSSR count). The average molecular weight is 258 g/mol. The summed E-state index contributed by atoms with van der Waals surface area (Å²) in [4.78, 5) is 24.1. The first-order chi connectivity index (χ1) is 8.20. The van der Waals surface area contributed by atoms with E-state index in [9.17, 15) is 14.7 Å². The Balaban J connectivity index is 2.48. The minimum absolute atomic E-state index is 0.0724. The number of aliphatic hydroxyl groups is 1. The maximum absolute atomic E-state index is 11.9. The molecule has 1 aliphatic rings. The van der Waals surface area contributed by atoms with Crippen molar-refractivity contribution in [1.82, 2.24) is 10.2 Å². The van der Waals surface area contributed by atoms with Crippen LogP contribution in [0, 0.1) is 0 Å². The van der Waals surface area contributed by atoms with Gasteiger partial charge < -0.3 is 20.4 Å². The van der Waals surface area contributed by atoms with Gasteiger partial charge in [-0.25, -0.2) is 4.79 Å². The van der Waals surface area contributed by atoms with E-state index in [1.54, 1.807) is 0 Å². The smallest absolute Gasteiger partial charge is 0.326 e. The Morgan fingerprint density at radius 2 is 2.00 bits per heavy atom. The highest BCUT2D eigenvalue weighted by molar-refractivity contribution is 5.84. The molecule has 3 N–H and O–H groups in total. The van der Waals surface area contributed by atoms with E-state index in [2.05, 4.69) is 5.32 Å². The maximum Gasteiger partial charge on any atom is 0.326 e. The number of nitrogens with zero attached hydrogens (tertiary/aromatic N) is 1. The first-order valence-corrected chi connectivity index (χ1v) is 6.16. The minimum Gasteiger partial charge on any atom is -0.480 e. The number of aliphatic carboxylic acids is 1. The lowest BCUT2D eigenvalue weighted by atomic mass is 10.1. The van der Waals surface area contributed by atoms with Crippen molar-refractivity contribution in [2.45, 2.75) is 51.3 Å². The second-order valence-corrected chi connectivity index (χ2v) is 5.72. The summed E-state index contributed by atoms with van der Waals surface area (Å²) in [6, 6.07) is -0.887. The number of carbonyl (C=O) groups excluding carboxylic acids is 1.